The first-order chi connectivity index (χ1) is 11.2. The Morgan fingerprint density at radius 3 is 2.78 bits per heavy atom. The van der Waals surface area contributed by atoms with Gasteiger partial charge in [-0.2, -0.15) is 5.26 Å². The number of aryl methyl sites for hydroxylation is 1. The number of hydrogen-bond donors (Lipinski definition) is 2. The maximum absolute atomic E-state index is 12.0. The van der Waals surface area contributed by atoms with Crippen molar-refractivity contribution in [2.24, 2.45) is 0 Å². The predicted octanol–water partition coefficient (Wildman–Crippen LogP) is 1.76. The zero-order chi connectivity index (χ0) is 16.2. The fraction of sp³-hybridized carbons (Fsp3) is 0.250. The Bertz CT molecular complexity index is 792. The van der Waals surface area contributed by atoms with Crippen molar-refractivity contribution < 1.29 is 9.59 Å². The third-order valence-electron chi connectivity index (χ3n) is 3.67. The van der Waals surface area contributed by atoms with E-state index in [-0.39, 0.29) is 6.54 Å². The number of rotatable bonds is 3. The molecule has 116 valence electrons. The second-order valence-corrected chi connectivity index (χ2v) is 6.27. The molecular weight excluding hydrogens is 312 g/mol. The summed E-state index contributed by atoms with van der Waals surface area (Å²) in [6.45, 7) is 0.251. The summed E-state index contributed by atoms with van der Waals surface area (Å²) in [4.78, 5) is 28.9. The molecule has 0 atom stereocenters. The third-order valence-corrected chi connectivity index (χ3v) is 4.88. The van der Waals surface area contributed by atoms with Gasteiger partial charge in [0.2, 0.25) is 0 Å². The van der Waals surface area contributed by atoms with Crippen molar-refractivity contribution in [1.82, 2.24) is 10.3 Å². The lowest BCUT2D eigenvalue weighted by Gasteiger charge is -2.06. The Hall–Kier alpha value is -2.72. The molecule has 0 aromatic carbocycles. The molecule has 6 nitrogen and oxygen atoms in total. The molecule has 23 heavy (non-hydrogen) atoms. The van der Waals surface area contributed by atoms with Gasteiger partial charge in [-0.25, -0.2) is 0 Å². The molecule has 2 heterocycles. The maximum Gasteiger partial charge on any atom is 0.314 e. The lowest BCUT2D eigenvalue weighted by Crippen LogP contribution is -2.34. The average molecular weight is 326 g/mol. The lowest BCUT2D eigenvalue weighted by atomic mass is 10.1. The van der Waals surface area contributed by atoms with Crippen LogP contribution in [0.5, 0.6) is 0 Å². The van der Waals surface area contributed by atoms with Gasteiger partial charge in [0.1, 0.15) is 11.1 Å². The number of amides is 2. The fourth-order valence-electron chi connectivity index (χ4n) is 2.53. The van der Waals surface area contributed by atoms with Gasteiger partial charge in [0, 0.05) is 23.8 Å². The van der Waals surface area contributed by atoms with E-state index in [1.165, 1.54) is 11.3 Å². The standard InChI is InChI=1S/C16H14N4O2S/c17-8-12-11-2-1-3-13(11)23-16(12)20-15(22)14(21)19-9-10-4-6-18-7-5-10/h4-7H,1-3,9H2,(H,19,21)(H,20,22). The number of anilines is 1. The third kappa shape index (κ3) is 3.22. The first-order valence-corrected chi connectivity index (χ1v) is 8.03. The summed E-state index contributed by atoms with van der Waals surface area (Å²) in [5.41, 5.74) is 2.37. The lowest BCUT2D eigenvalue weighted by molar-refractivity contribution is -0.136. The Morgan fingerprint density at radius 2 is 2.04 bits per heavy atom. The molecule has 0 radical (unpaired) electrons. The highest BCUT2D eigenvalue weighted by Gasteiger charge is 2.24. The minimum Gasteiger partial charge on any atom is -0.344 e. The summed E-state index contributed by atoms with van der Waals surface area (Å²) in [6.07, 6.45) is 6.07. The molecule has 2 amide bonds. The number of carbonyl (C=O) groups is 2. The second-order valence-electron chi connectivity index (χ2n) is 5.17. The van der Waals surface area contributed by atoms with Crippen LogP contribution in [0.25, 0.3) is 0 Å². The molecule has 1 aliphatic rings. The number of nitrogens with one attached hydrogen (secondary N) is 2. The first kappa shape index (κ1) is 15.2. The quantitative estimate of drug-likeness (QED) is 0.840. The van der Waals surface area contributed by atoms with E-state index in [9.17, 15) is 14.9 Å². The van der Waals surface area contributed by atoms with Crippen molar-refractivity contribution in [3.05, 3.63) is 46.1 Å². The highest BCUT2D eigenvalue weighted by molar-refractivity contribution is 7.16. The molecule has 0 fully saturated rings. The number of carbonyl (C=O) groups excluding carboxylic acids is 2. The molecule has 2 aromatic heterocycles. The van der Waals surface area contributed by atoms with E-state index in [2.05, 4.69) is 21.7 Å². The molecule has 0 bridgehead atoms. The summed E-state index contributed by atoms with van der Waals surface area (Å²) in [5.74, 6) is -1.48. The smallest absolute Gasteiger partial charge is 0.314 e. The van der Waals surface area contributed by atoms with Gasteiger partial charge in [0.05, 0.1) is 5.56 Å². The van der Waals surface area contributed by atoms with E-state index in [4.69, 9.17) is 0 Å². The van der Waals surface area contributed by atoms with Gasteiger partial charge >= 0.3 is 11.8 Å². The Kier molecular flexibility index (Phi) is 4.35. The molecule has 0 unspecified atom stereocenters. The van der Waals surface area contributed by atoms with Gasteiger partial charge in [-0.1, -0.05) is 0 Å². The minimum atomic E-state index is -0.754. The normalized spacial score (nSPS) is 12.3. The molecule has 0 aliphatic heterocycles. The minimum absolute atomic E-state index is 0.251. The summed E-state index contributed by atoms with van der Waals surface area (Å²) in [5, 5.41) is 14.9. The number of fused-ring (bicyclic) bond motifs is 1. The molecule has 0 saturated heterocycles. The molecule has 1 aliphatic carbocycles. The fourth-order valence-corrected chi connectivity index (χ4v) is 3.77. The summed E-state index contributed by atoms with van der Waals surface area (Å²) >= 11 is 1.39. The van der Waals surface area contributed by atoms with E-state index >= 15 is 0 Å². The van der Waals surface area contributed by atoms with E-state index in [1.54, 1.807) is 24.5 Å². The number of nitriles is 1. The molecule has 0 spiro atoms. The zero-order valence-corrected chi connectivity index (χ0v) is 13.1. The van der Waals surface area contributed by atoms with Crippen LogP contribution < -0.4 is 10.6 Å². The number of nitrogens with zero attached hydrogens (tertiary/aromatic N) is 2. The molecule has 0 saturated carbocycles. The van der Waals surface area contributed by atoms with Crippen molar-refractivity contribution in [3.63, 3.8) is 0 Å². The van der Waals surface area contributed by atoms with Crippen LogP contribution in [0.4, 0.5) is 5.00 Å². The first-order valence-electron chi connectivity index (χ1n) is 7.21. The number of hydrogen-bond acceptors (Lipinski definition) is 5. The van der Waals surface area contributed by atoms with Gasteiger partial charge in [0.25, 0.3) is 0 Å². The molecule has 2 N–H and O–H groups in total. The van der Waals surface area contributed by atoms with Gasteiger partial charge in [0.15, 0.2) is 0 Å². The Morgan fingerprint density at radius 1 is 1.26 bits per heavy atom. The van der Waals surface area contributed by atoms with Crippen LogP contribution in [0.15, 0.2) is 24.5 Å². The van der Waals surface area contributed by atoms with E-state index in [0.29, 0.717) is 10.6 Å². The summed E-state index contributed by atoms with van der Waals surface area (Å²) in [7, 11) is 0. The number of thiophene rings is 1. The summed E-state index contributed by atoms with van der Waals surface area (Å²) in [6, 6.07) is 5.65. The van der Waals surface area contributed by atoms with Gasteiger partial charge < -0.3 is 10.6 Å². The maximum atomic E-state index is 12.0. The van der Waals surface area contributed by atoms with Crippen molar-refractivity contribution in [2.45, 2.75) is 25.8 Å². The highest BCUT2D eigenvalue weighted by Crippen LogP contribution is 2.38. The van der Waals surface area contributed by atoms with Crippen LogP contribution >= 0.6 is 11.3 Å². The zero-order valence-electron chi connectivity index (χ0n) is 12.3. The van der Waals surface area contributed by atoms with Crippen LogP contribution in [0.3, 0.4) is 0 Å². The van der Waals surface area contributed by atoms with Crippen LogP contribution in [0, 0.1) is 11.3 Å². The van der Waals surface area contributed by atoms with Crippen molar-refractivity contribution >= 4 is 28.2 Å². The monoisotopic (exact) mass is 326 g/mol. The van der Waals surface area contributed by atoms with Crippen LogP contribution in [-0.2, 0) is 29.0 Å². The van der Waals surface area contributed by atoms with Crippen molar-refractivity contribution in [3.8, 4) is 6.07 Å². The van der Waals surface area contributed by atoms with Crippen molar-refractivity contribution in [1.29, 1.82) is 5.26 Å². The van der Waals surface area contributed by atoms with Crippen molar-refractivity contribution in [2.75, 3.05) is 5.32 Å². The van der Waals surface area contributed by atoms with Crippen LogP contribution in [-0.4, -0.2) is 16.8 Å². The number of pyridine rings is 1. The topological polar surface area (TPSA) is 94.9 Å². The van der Waals surface area contributed by atoms with E-state index < -0.39 is 11.8 Å². The van der Waals surface area contributed by atoms with Gasteiger partial charge in [-0.15, -0.1) is 11.3 Å². The largest absolute Gasteiger partial charge is 0.344 e. The molecular formula is C16H14N4O2S. The molecule has 2 aromatic rings. The molecule has 7 heteroatoms. The molecule has 3 rings (SSSR count). The highest BCUT2D eigenvalue weighted by atomic mass is 32.1. The summed E-state index contributed by atoms with van der Waals surface area (Å²) < 4.78 is 0. The SMILES string of the molecule is N#Cc1c(NC(=O)C(=O)NCc2ccncc2)sc2c1CCC2. The second kappa shape index (κ2) is 6.58. The predicted molar refractivity (Wildman–Crippen MR) is 85.8 cm³/mol. The van der Waals surface area contributed by atoms with E-state index in [1.807, 2.05) is 0 Å². The van der Waals surface area contributed by atoms with E-state index in [0.717, 1.165) is 35.3 Å². The Labute approximate surface area is 137 Å². The Balaban J connectivity index is 1.63. The van der Waals surface area contributed by atoms with Gasteiger partial charge in [-0.05, 0) is 42.5 Å². The average Bonchev–Trinajstić information content (AvgIpc) is 3.14. The van der Waals surface area contributed by atoms with Crippen LogP contribution in [0.1, 0.15) is 28.0 Å². The van der Waals surface area contributed by atoms with Gasteiger partial charge in [-0.3, -0.25) is 14.6 Å². The van der Waals surface area contributed by atoms with Crippen LogP contribution in [0.2, 0.25) is 0 Å². The number of aromatic nitrogens is 1.